The van der Waals surface area contributed by atoms with Gasteiger partial charge in [0.05, 0.1) is 0 Å². The smallest absolute Gasteiger partial charge is 0.312 e. The summed E-state index contributed by atoms with van der Waals surface area (Å²) in [6.45, 7) is 0. The minimum absolute atomic E-state index is 0.248. The van der Waals surface area contributed by atoms with Gasteiger partial charge in [-0.1, -0.05) is 0 Å². The van der Waals surface area contributed by atoms with Crippen LogP contribution in [0.1, 0.15) is 0 Å². The van der Waals surface area contributed by atoms with E-state index < -0.39 is 5.91 Å². The van der Waals surface area contributed by atoms with Gasteiger partial charge in [0.2, 0.25) is 0 Å². The number of methoxy groups -OCH3 is 2. The molecule has 0 radical (unpaired) electrons. The Balaban J connectivity index is 4.87. The fraction of sp³-hybridized carbons (Fsp3) is 0.875. The molecular weight excluding hydrogens is 172 g/mol. The third-order valence-corrected chi connectivity index (χ3v) is 1.82. The highest BCUT2D eigenvalue weighted by Gasteiger charge is 2.42. The predicted molar refractivity (Wildman–Crippen MR) is 49.1 cm³/mol. The average Bonchev–Trinajstić information content (AvgIpc) is 2.06. The molecule has 1 amide bonds. The highest BCUT2D eigenvalue weighted by molar-refractivity contribution is 5.82. The van der Waals surface area contributed by atoms with Gasteiger partial charge >= 0.3 is 5.91 Å². The van der Waals surface area contributed by atoms with Crippen LogP contribution in [0.15, 0.2) is 0 Å². The summed E-state index contributed by atoms with van der Waals surface area (Å²) in [7, 11) is 9.61. The first-order valence-electron chi connectivity index (χ1n) is 3.91. The van der Waals surface area contributed by atoms with E-state index in [-0.39, 0.29) is 5.91 Å². The fourth-order valence-corrected chi connectivity index (χ4v) is 1.10. The van der Waals surface area contributed by atoms with Gasteiger partial charge < -0.3 is 14.4 Å². The standard InChI is InChI=1S/C8H18N2O3/c1-9(2)7(11)8(12-5,13-6)10(3)4/h1-6H3. The van der Waals surface area contributed by atoms with E-state index in [2.05, 4.69) is 0 Å². The Bertz CT molecular complexity index is 176. The molecule has 0 rings (SSSR count). The van der Waals surface area contributed by atoms with Crippen molar-refractivity contribution < 1.29 is 14.3 Å². The number of nitrogens with zero attached hydrogens (tertiary/aromatic N) is 2. The minimum atomic E-state index is -1.32. The summed E-state index contributed by atoms with van der Waals surface area (Å²) < 4.78 is 10.2. The zero-order chi connectivity index (χ0) is 10.6. The Morgan fingerprint density at radius 3 is 1.54 bits per heavy atom. The molecule has 0 unspecified atom stereocenters. The van der Waals surface area contributed by atoms with Gasteiger partial charge in [0, 0.05) is 28.3 Å². The molecule has 0 saturated carbocycles. The van der Waals surface area contributed by atoms with Gasteiger partial charge in [0.1, 0.15) is 0 Å². The van der Waals surface area contributed by atoms with Crippen molar-refractivity contribution in [3.63, 3.8) is 0 Å². The molecule has 0 aromatic rings. The lowest BCUT2D eigenvalue weighted by Crippen LogP contribution is -2.58. The second-order valence-electron chi connectivity index (χ2n) is 3.08. The van der Waals surface area contributed by atoms with Crippen LogP contribution in [0.4, 0.5) is 0 Å². The first-order chi connectivity index (χ1) is 5.92. The molecule has 0 aliphatic carbocycles. The summed E-state index contributed by atoms with van der Waals surface area (Å²) in [5, 5.41) is 0. The zero-order valence-corrected chi connectivity index (χ0v) is 9.12. The van der Waals surface area contributed by atoms with Crippen LogP contribution in [0, 0.1) is 0 Å². The molecule has 0 fully saturated rings. The Morgan fingerprint density at radius 2 is 1.46 bits per heavy atom. The second kappa shape index (κ2) is 4.55. The molecule has 13 heavy (non-hydrogen) atoms. The van der Waals surface area contributed by atoms with Crippen LogP contribution in [0.5, 0.6) is 0 Å². The summed E-state index contributed by atoms with van der Waals surface area (Å²) in [5.74, 6) is -1.56. The van der Waals surface area contributed by atoms with Crippen molar-refractivity contribution in [2.45, 2.75) is 5.91 Å². The van der Waals surface area contributed by atoms with Gasteiger partial charge in [-0.15, -0.1) is 0 Å². The lowest BCUT2D eigenvalue weighted by atomic mass is 10.4. The number of likely N-dealkylation sites (N-methyl/N-ethyl adjacent to an activating group) is 2. The maximum atomic E-state index is 11.7. The number of hydrogen-bond donors (Lipinski definition) is 0. The van der Waals surface area contributed by atoms with Crippen molar-refractivity contribution in [1.29, 1.82) is 0 Å². The number of hydrogen-bond acceptors (Lipinski definition) is 4. The molecule has 5 heteroatoms. The number of ether oxygens (including phenoxy) is 2. The van der Waals surface area contributed by atoms with Crippen molar-refractivity contribution >= 4 is 5.91 Å². The van der Waals surface area contributed by atoms with E-state index in [1.807, 2.05) is 0 Å². The minimum Gasteiger partial charge on any atom is -0.343 e. The molecule has 0 N–H and O–H groups in total. The summed E-state index contributed by atoms with van der Waals surface area (Å²) in [6.07, 6.45) is 0. The normalized spacial score (nSPS) is 11.9. The van der Waals surface area contributed by atoms with E-state index in [0.717, 1.165) is 0 Å². The van der Waals surface area contributed by atoms with Crippen molar-refractivity contribution in [2.75, 3.05) is 42.4 Å². The highest BCUT2D eigenvalue weighted by atomic mass is 16.7. The molecule has 0 heterocycles. The van der Waals surface area contributed by atoms with Crippen molar-refractivity contribution in [3.8, 4) is 0 Å². The number of rotatable bonds is 4. The molecule has 0 aromatic heterocycles. The maximum absolute atomic E-state index is 11.7. The van der Waals surface area contributed by atoms with E-state index in [4.69, 9.17) is 9.47 Å². The monoisotopic (exact) mass is 190 g/mol. The SMILES string of the molecule is COC(OC)(C(=O)N(C)C)N(C)C. The van der Waals surface area contributed by atoms with Crippen LogP contribution >= 0.6 is 0 Å². The maximum Gasteiger partial charge on any atom is 0.312 e. The van der Waals surface area contributed by atoms with Crippen LogP contribution < -0.4 is 0 Å². The van der Waals surface area contributed by atoms with E-state index in [1.165, 1.54) is 19.1 Å². The average molecular weight is 190 g/mol. The molecule has 0 aliphatic heterocycles. The Kier molecular flexibility index (Phi) is 4.32. The molecular formula is C8H18N2O3. The Hall–Kier alpha value is -0.650. The summed E-state index contributed by atoms with van der Waals surface area (Å²) in [4.78, 5) is 14.7. The van der Waals surface area contributed by atoms with Gasteiger partial charge in [-0.25, -0.2) is 0 Å². The molecule has 0 aliphatic rings. The summed E-state index contributed by atoms with van der Waals surface area (Å²) in [6, 6.07) is 0. The Labute approximate surface area is 79.2 Å². The third-order valence-electron chi connectivity index (χ3n) is 1.82. The van der Waals surface area contributed by atoms with Gasteiger partial charge in [0.25, 0.3) is 5.91 Å². The van der Waals surface area contributed by atoms with Crippen LogP contribution in [0.2, 0.25) is 0 Å². The van der Waals surface area contributed by atoms with E-state index in [1.54, 1.807) is 33.1 Å². The van der Waals surface area contributed by atoms with Crippen molar-refractivity contribution in [1.82, 2.24) is 9.80 Å². The molecule has 0 atom stereocenters. The quantitative estimate of drug-likeness (QED) is 0.565. The predicted octanol–water partition coefficient (Wildman–Crippen LogP) is -0.417. The topological polar surface area (TPSA) is 42.0 Å². The highest BCUT2D eigenvalue weighted by Crippen LogP contribution is 2.16. The van der Waals surface area contributed by atoms with Crippen molar-refractivity contribution in [2.24, 2.45) is 0 Å². The molecule has 0 spiro atoms. The first-order valence-corrected chi connectivity index (χ1v) is 3.91. The van der Waals surface area contributed by atoms with Crippen LogP contribution in [-0.4, -0.2) is 64.0 Å². The number of carbonyl (C=O) groups is 1. The van der Waals surface area contributed by atoms with Gasteiger partial charge in [-0.2, -0.15) is 0 Å². The van der Waals surface area contributed by atoms with Gasteiger partial charge in [0.15, 0.2) is 0 Å². The summed E-state index contributed by atoms with van der Waals surface area (Å²) >= 11 is 0. The molecule has 78 valence electrons. The number of carbonyl (C=O) groups excluding carboxylic acids is 1. The largest absolute Gasteiger partial charge is 0.343 e. The van der Waals surface area contributed by atoms with Crippen molar-refractivity contribution in [3.05, 3.63) is 0 Å². The summed E-state index contributed by atoms with van der Waals surface area (Å²) in [5.41, 5.74) is 0. The van der Waals surface area contributed by atoms with Gasteiger partial charge in [-0.3, -0.25) is 9.69 Å². The first kappa shape index (κ1) is 12.3. The molecule has 0 bridgehead atoms. The van der Waals surface area contributed by atoms with E-state index in [0.29, 0.717) is 0 Å². The number of amides is 1. The van der Waals surface area contributed by atoms with Crippen LogP contribution in [-0.2, 0) is 14.3 Å². The molecule has 5 nitrogen and oxygen atoms in total. The van der Waals surface area contributed by atoms with E-state index >= 15 is 0 Å². The zero-order valence-electron chi connectivity index (χ0n) is 9.12. The van der Waals surface area contributed by atoms with Crippen LogP contribution in [0.25, 0.3) is 0 Å². The fourth-order valence-electron chi connectivity index (χ4n) is 1.10. The lowest BCUT2D eigenvalue weighted by molar-refractivity contribution is -0.271. The van der Waals surface area contributed by atoms with E-state index in [9.17, 15) is 4.79 Å². The third kappa shape index (κ3) is 2.18. The Morgan fingerprint density at radius 1 is 1.08 bits per heavy atom. The lowest BCUT2D eigenvalue weighted by Gasteiger charge is -2.36. The van der Waals surface area contributed by atoms with Gasteiger partial charge in [-0.05, 0) is 14.1 Å². The molecule has 0 saturated heterocycles. The second-order valence-corrected chi connectivity index (χ2v) is 3.08. The van der Waals surface area contributed by atoms with Crippen LogP contribution in [0.3, 0.4) is 0 Å². The molecule has 0 aromatic carbocycles.